The number of ether oxygens (including phenoxy) is 1. The number of rotatable bonds is 2. The van der Waals surface area contributed by atoms with Gasteiger partial charge in [-0.25, -0.2) is 19.6 Å². The minimum absolute atomic E-state index is 0.0812. The van der Waals surface area contributed by atoms with E-state index < -0.39 is 17.2 Å². The fraction of sp³-hybridized carbons (Fsp3) is 0.545. The minimum Gasteiger partial charge on any atom is -0.377 e. The van der Waals surface area contributed by atoms with Crippen molar-refractivity contribution in [3.63, 3.8) is 0 Å². The van der Waals surface area contributed by atoms with E-state index in [1.165, 1.54) is 0 Å². The van der Waals surface area contributed by atoms with Gasteiger partial charge in [0.2, 0.25) is 0 Å². The summed E-state index contributed by atoms with van der Waals surface area (Å²) < 4.78 is 32.5. The Bertz CT molecular complexity index is 453. The number of halogens is 2. The summed E-state index contributed by atoms with van der Waals surface area (Å²) in [6, 6.07) is 0.781. The van der Waals surface area contributed by atoms with Crippen molar-refractivity contribution in [2.75, 3.05) is 30.1 Å². The topological polar surface area (TPSA) is 63.4 Å². The van der Waals surface area contributed by atoms with Gasteiger partial charge in [-0.15, -0.1) is 0 Å². The number of hydrogen-bond donors (Lipinski definition) is 2. The fourth-order valence-electron chi connectivity index (χ4n) is 2.00. The summed E-state index contributed by atoms with van der Waals surface area (Å²) in [6.07, 6.45) is 0. The van der Waals surface area contributed by atoms with Gasteiger partial charge in [0, 0.05) is 12.6 Å². The maximum atomic E-state index is 13.8. The summed E-state index contributed by atoms with van der Waals surface area (Å²) in [7, 11) is 0. The monoisotopic (exact) mass is 258 g/mol. The van der Waals surface area contributed by atoms with Gasteiger partial charge in [-0.3, -0.25) is 0 Å². The number of pyridine rings is 1. The lowest BCUT2D eigenvalue weighted by Gasteiger charge is -2.43. The van der Waals surface area contributed by atoms with Gasteiger partial charge in [-0.2, -0.15) is 0 Å². The molecule has 0 bridgehead atoms. The van der Waals surface area contributed by atoms with Crippen molar-refractivity contribution < 1.29 is 13.5 Å². The number of morpholine rings is 1. The molecule has 0 amide bonds. The molecule has 18 heavy (non-hydrogen) atoms. The summed E-state index contributed by atoms with van der Waals surface area (Å²) in [5.74, 6) is 3.54. The van der Waals surface area contributed by atoms with Crippen molar-refractivity contribution in [1.82, 2.24) is 4.98 Å². The van der Waals surface area contributed by atoms with E-state index >= 15 is 0 Å². The zero-order valence-corrected chi connectivity index (χ0v) is 10.3. The average molecular weight is 258 g/mol. The van der Waals surface area contributed by atoms with Crippen LogP contribution in [0, 0.1) is 11.6 Å². The molecule has 0 atom stereocenters. The molecule has 1 fully saturated rings. The second-order valence-electron chi connectivity index (χ2n) is 4.79. The van der Waals surface area contributed by atoms with E-state index in [4.69, 9.17) is 10.6 Å². The van der Waals surface area contributed by atoms with Crippen LogP contribution in [-0.4, -0.2) is 30.3 Å². The highest BCUT2D eigenvalue weighted by Crippen LogP contribution is 2.29. The Morgan fingerprint density at radius 1 is 1.44 bits per heavy atom. The van der Waals surface area contributed by atoms with Crippen LogP contribution < -0.4 is 16.2 Å². The average Bonchev–Trinajstić information content (AvgIpc) is 2.30. The van der Waals surface area contributed by atoms with Crippen LogP contribution in [-0.2, 0) is 4.74 Å². The number of hydrogen-bond acceptors (Lipinski definition) is 5. The molecule has 0 saturated carbocycles. The molecule has 0 aliphatic carbocycles. The molecular formula is C11H16F2N4O. The molecule has 1 aromatic rings. The van der Waals surface area contributed by atoms with E-state index in [-0.39, 0.29) is 11.6 Å². The van der Waals surface area contributed by atoms with E-state index in [9.17, 15) is 8.78 Å². The first-order valence-electron chi connectivity index (χ1n) is 5.64. The molecule has 2 heterocycles. The molecule has 0 unspecified atom stereocenters. The number of hydrazine groups is 1. The predicted molar refractivity (Wildman–Crippen MR) is 64.2 cm³/mol. The number of aromatic nitrogens is 1. The van der Waals surface area contributed by atoms with Gasteiger partial charge in [0.1, 0.15) is 0 Å². The lowest BCUT2D eigenvalue weighted by atomic mass is 10.0. The number of nitrogens with zero attached hydrogens (tertiary/aromatic N) is 2. The van der Waals surface area contributed by atoms with Crippen LogP contribution >= 0.6 is 0 Å². The molecule has 1 aromatic heterocycles. The maximum absolute atomic E-state index is 13.8. The SMILES string of the molecule is CC1(C)COCCN1c1nc(NN)c(F)cc1F. The second kappa shape index (κ2) is 4.66. The fourth-order valence-corrected chi connectivity index (χ4v) is 2.00. The number of nitrogens with two attached hydrogens (primary N) is 1. The van der Waals surface area contributed by atoms with Gasteiger partial charge < -0.3 is 15.1 Å². The van der Waals surface area contributed by atoms with E-state index in [0.29, 0.717) is 19.8 Å². The standard InChI is InChI=1S/C11H16F2N4O/c1-11(2)6-18-4-3-17(11)10-8(13)5-7(12)9(15-10)16-14/h5H,3-4,6,14H2,1-2H3,(H,15,16). The lowest BCUT2D eigenvalue weighted by molar-refractivity contribution is 0.0634. The van der Waals surface area contributed by atoms with Crippen molar-refractivity contribution in [3.05, 3.63) is 17.7 Å². The molecule has 1 aliphatic rings. The molecule has 5 nitrogen and oxygen atoms in total. The number of nitrogen functional groups attached to an aromatic ring is 1. The summed E-state index contributed by atoms with van der Waals surface area (Å²) in [5, 5.41) is 0. The molecule has 0 aromatic carbocycles. The smallest absolute Gasteiger partial charge is 0.178 e. The van der Waals surface area contributed by atoms with Crippen LogP contribution in [0.5, 0.6) is 0 Å². The van der Waals surface area contributed by atoms with Crippen molar-refractivity contribution >= 4 is 11.6 Å². The highest BCUT2D eigenvalue weighted by atomic mass is 19.1. The highest BCUT2D eigenvalue weighted by molar-refractivity contribution is 5.50. The predicted octanol–water partition coefficient (Wildman–Crippen LogP) is 1.26. The molecule has 3 N–H and O–H groups in total. The maximum Gasteiger partial charge on any atom is 0.178 e. The zero-order valence-electron chi connectivity index (χ0n) is 10.3. The van der Waals surface area contributed by atoms with Crippen LogP contribution in [0.4, 0.5) is 20.4 Å². The Hall–Kier alpha value is -1.47. The Kier molecular flexibility index (Phi) is 3.36. The van der Waals surface area contributed by atoms with E-state index in [0.717, 1.165) is 6.07 Å². The summed E-state index contributed by atoms with van der Waals surface area (Å²) in [4.78, 5) is 5.65. The largest absolute Gasteiger partial charge is 0.377 e. The van der Waals surface area contributed by atoms with Gasteiger partial charge in [0.15, 0.2) is 23.3 Å². The minimum atomic E-state index is -0.815. The van der Waals surface area contributed by atoms with Crippen LogP contribution in [0.3, 0.4) is 0 Å². The summed E-state index contributed by atoms with van der Waals surface area (Å²) in [6.45, 7) is 5.25. The Morgan fingerprint density at radius 3 is 2.78 bits per heavy atom. The third kappa shape index (κ3) is 2.23. The third-order valence-corrected chi connectivity index (χ3v) is 2.95. The number of nitrogens with one attached hydrogen (secondary N) is 1. The van der Waals surface area contributed by atoms with Crippen molar-refractivity contribution in [2.45, 2.75) is 19.4 Å². The first kappa shape index (κ1) is 13.0. The quantitative estimate of drug-likeness (QED) is 0.617. The van der Waals surface area contributed by atoms with Crippen molar-refractivity contribution in [3.8, 4) is 0 Å². The van der Waals surface area contributed by atoms with E-state index in [2.05, 4.69) is 10.4 Å². The van der Waals surface area contributed by atoms with Crippen LogP contribution in [0.15, 0.2) is 6.07 Å². The van der Waals surface area contributed by atoms with Crippen LogP contribution in [0.1, 0.15) is 13.8 Å². The molecule has 2 rings (SSSR count). The first-order chi connectivity index (χ1) is 8.45. The van der Waals surface area contributed by atoms with E-state index in [1.54, 1.807) is 4.90 Å². The Morgan fingerprint density at radius 2 is 2.17 bits per heavy atom. The molecule has 7 heteroatoms. The Balaban J connectivity index is 2.43. The van der Waals surface area contributed by atoms with Gasteiger partial charge >= 0.3 is 0 Å². The molecule has 0 radical (unpaired) electrons. The third-order valence-electron chi connectivity index (χ3n) is 2.95. The van der Waals surface area contributed by atoms with Gasteiger partial charge in [0.05, 0.1) is 18.8 Å². The van der Waals surface area contributed by atoms with Gasteiger partial charge in [-0.1, -0.05) is 0 Å². The molecule has 0 spiro atoms. The summed E-state index contributed by atoms with van der Waals surface area (Å²) >= 11 is 0. The highest BCUT2D eigenvalue weighted by Gasteiger charge is 2.33. The van der Waals surface area contributed by atoms with Gasteiger partial charge in [-0.05, 0) is 13.8 Å². The summed E-state index contributed by atoms with van der Waals surface area (Å²) in [5.41, 5.74) is 1.71. The molecule has 100 valence electrons. The normalized spacial score (nSPS) is 18.8. The molecule has 1 aliphatic heterocycles. The first-order valence-corrected chi connectivity index (χ1v) is 5.64. The zero-order chi connectivity index (χ0) is 13.3. The van der Waals surface area contributed by atoms with Gasteiger partial charge in [0.25, 0.3) is 0 Å². The number of anilines is 2. The van der Waals surface area contributed by atoms with Crippen molar-refractivity contribution in [2.24, 2.45) is 5.84 Å². The van der Waals surface area contributed by atoms with Crippen molar-refractivity contribution in [1.29, 1.82) is 0 Å². The van der Waals surface area contributed by atoms with Crippen LogP contribution in [0.25, 0.3) is 0 Å². The second-order valence-corrected chi connectivity index (χ2v) is 4.79. The Labute approximate surface area is 104 Å². The van der Waals surface area contributed by atoms with Crippen LogP contribution in [0.2, 0.25) is 0 Å². The molecule has 1 saturated heterocycles. The molecular weight excluding hydrogens is 242 g/mol. The van der Waals surface area contributed by atoms with E-state index in [1.807, 2.05) is 13.8 Å². The lowest BCUT2D eigenvalue weighted by Crippen LogP contribution is -2.54.